The van der Waals surface area contributed by atoms with E-state index in [1.54, 1.807) is 0 Å². The standard InChI is InChI=1S/C23H28N2O2/c26-22(12-8-11-19-9-4-3-5-10-19)24-21-15-13-20(14-16-21)23(27)25-17-6-1-2-7-18-25/h3-5,9-10,13-16H,1-2,6-8,11-12,17-18H2,(H,24,26). The number of hydrogen-bond acceptors (Lipinski definition) is 2. The van der Waals surface area contributed by atoms with Crippen LogP contribution in [0.25, 0.3) is 0 Å². The van der Waals surface area contributed by atoms with E-state index >= 15 is 0 Å². The first-order valence-electron chi connectivity index (χ1n) is 9.95. The molecule has 1 aliphatic heterocycles. The van der Waals surface area contributed by atoms with Crippen molar-refractivity contribution in [3.05, 3.63) is 65.7 Å². The molecule has 4 heteroatoms. The Morgan fingerprint density at radius 3 is 2.19 bits per heavy atom. The number of carbonyl (C=O) groups excluding carboxylic acids is 2. The van der Waals surface area contributed by atoms with E-state index in [-0.39, 0.29) is 11.8 Å². The normalized spacial score (nSPS) is 14.4. The first kappa shape index (κ1) is 19.2. The lowest BCUT2D eigenvalue weighted by Crippen LogP contribution is -2.31. The van der Waals surface area contributed by atoms with Crippen LogP contribution in [0.1, 0.15) is 54.4 Å². The number of anilines is 1. The summed E-state index contributed by atoms with van der Waals surface area (Å²) in [6, 6.07) is 17.5. The largest absolute Gasteiger partial charge is 0.339 e. The smallest absolute Gasteiger partial charge is 0.253 e. The molecule has 2 aromatic carbocycles. The number of likely N-dealkylation sites (tertiary alicyclic amines) is 1. The van der Waals surface area contributed by atoms with E-state index in [4.69, 9.17) is 0 Å². The fraction of sp³-hybridized carbons (Fsp3) is 0.391. The second-order valence-electron chi connectivity index (χ2n) is 7.17. The average molecular weight is 364 g/mol. The Kier molecular flexibility index (Phi) is 7.03. The fourth-order valence-corrected chi connectivity index (χ4v) is 3.47. The maximum absolute atomic E-state index is 12.6. The van der Waals surface area contributed by atoms with Gasteiger partial charge < -0.3 is 10.2 Å². The van der Waals surface area contributed by atoms with Gasteiger partial charge in [0.1, 0.15) is 0 Å². The first-order chi connectivity index (χ1) is 13.2. The van der Waals surface area contributed by atoms with Gasteiger partial charge in [0.15, 0.2) is 0 Å². The van der Waals surface area contributed by atoms with Crippen molar-refractivity contribution < 1.29 is 9.59 Å². The predicted molar refractivity (Wildman–Crippen MR) is 109 cm³/mol. The van der Waals surface area contributed by atoms with Crippen LogP contribution in [0.4, 0.5) is 5.69 Å². The Balaban J connectivity index is 1.46. The fourth-order valence-electron chi connectivity index (χ4n) is 3.47. The van der Waals surface area contributed by atoms with Gasteiger partial charge in [-0.1, -0.05) is 43.2 Å². The minimum atomic E-state index is 0.0116. The summed E-state index contributed by atoms with van der Waals surface area (Å²) in [5.74, 6) is 0.107. The van der Waals surface area contributed by atoms with E-state index in [0.29, 0.717) is 12.0 Å². The highest BCUT2D eigenvalue weighted by Crippen LogP contribution is 2.16. The number of nitrogens with zero attached hydrogens (tertiary/aromatic N) is 1. The average Bonchev–Trinajstić information content (AvgIpc) is 2.98. The monoisotopic (exact) mass is 364 g/mol. The molecule has 3 rings (SSSR count). The molecule has 4 nitrogen and oxygen atoms in total. The second kappa shape index (κ2) is 9.91. The van der Waals surface area contributed by atoms with E-state index in [0.717, 1.165) is 44.5 Å². The van der Waals surface area contributed by atoms with Crippen LogP contribution in [0.2, 0.25) is 0 Å². The van der Waals surface area contributed by atoms with Gasteiger partial charge in [0, 0.05) is 30.8 Å². The minimum absolute atomic E-state index is 0.0116. The number of amides is 2. The third-order valence-corrected chi connectivity index (χ3v) is 5.02. The Morgan fingerprint density at radius 1 is 0.852 bits per heavy atom. The zero-order chi connectivity index (χ0) is 18.9. The van der Waals surface area contributed by atoms with Gasteiger partial charge in [-0.3, -0.25) is 9.59 Å². The Labute approximate surface area is 161 Å². The van der Waals surface area contributed by atoms with Crippen molar-refractivity contribution in [1.29, 1.82) is 0 Å². The third kappa shape index (κ3) is 5.95. The lowest BCUT2D eigenvalue weighted by atomic mass is 10.1. The Hall–Kier alpha value is -2.62. The van der Waals surface area contributed by atoms with Gasteiger partial charge in [0.2, 0.25) is 5.91 Å². The van der Waals surface area contributed by atoms with Crippen LogP contribution in [-0.4, -0.2) is 29.8 Å². The minimum Gasteiger partial charge on any atom is -0.339 e. The molecule has 0 spiro atoms. The van der Waals surface area contributed by atoms with E-state index in [1.807, 2.05) is 47.4 Å². The van der Waals surface area contributed by atoms with Crippen molar-refractivity contribution >= 4 is 17.5 Å². The van der Waals surface area contributed by atoms with Crippen molar-refractivity contribution in [1.82, 2.24) is 4.90 Å². The molecule has 27 heavy (non-hydrogen) atoms. The molecule has 0 aliphatic carbocycles. The molecule has 0 bridgehead atoms. The molecule has 2 amide bonds. The topological polar surface area (TPSA) is 49.4 Å². The maximum Gasteiger partial charge on any atom is 0.253 e. The predicted octanol–water partition coefficient (Wildman–Crippen LogP) is 4.66. The lowest BCUT2D eigenvalue weighted by molar-refractivity contribution is -0.116. The zero-order valence-corrected chi connectivity index (χ0v) is 15.8. The molecule has 1 N–H and O–H groups in total. The highest BCUT2D eigenvalue weighted by Gasteiger charge is 2.17. The summed E-state index contributed by atoms with van der Waals surface area (Å²) in [4.78, 5) is 26.7. The van der Waals surface area contributed by atoms with Crippen LogP contribution < -0.4 is 5.32 Å². The number of rotatable bonds is 6. The molecule has 0 radical (unpaired) electrons. The molecular formula is C23H28N2O2. The number of carbonyl (C=O) groups is 2. The second-order valence-corrected chi connectivity index (χ2v) is 7.17. The molecule has 0 aromatic heterocycles. The van der Waals surface area contributed by atoms with Gasteiger partial charge in [0.05, 0.1) is 0 Å². The first-order valence-corrected chi connectivity index (χ1v) is 9.95. The summed E-state index contributed by atoms with van der Waals surface area (Å²) in [5, 5.41) is 2.92. The van der Waals surface area contributed by atoms with Crippen molar-refractivity contribution in [2.45, 2.75) is 44.9 Å². The summed E-state index contributed by atoms with van der Waals surface area (Å²) in [7, 11) is 0. The van der Waals surface area contributed by atoms with E-state index in [2.05, 4.69) is 17.4 Å². The van der Waals surface area contributed by atoms with Gasteiger partial charge in [-0.25, -0.2) is 0 Å². The molecule has 2 aromatic rings. The summed E-state index contributed by atoms with van der Waals surface area (Å²) >= 11 is 0. The third-order valence-electron chi connectivity index (χ3n) is 5.02. The number of aryl methyl sites for hydroxylation is 1. The molecule has 0 saturated carbocycles. The van der Waals surface area contributed by atoms with Crippen LogP contribution in [-0.2, 0) is 11.2 Å². The molecule has 142 valence electrons. The highest BCUT2D eigenvalue weighted by atomic mass is 16.2. The lowest BCUT2D eigenvalue weighted by Gasteiger charge is -2.20. The summed E-state index contributed by atoms with van der Waals surface area (Å²) < 4.78 is 0. The van der Waals surface area contributed by atoms with Crippen LogP contribution >= 0.6 is 0 Å². The van der Waals surface area contributed by atoms with Gasteiger partial charge in [0.25, 0.3) is 5.91 Å². The van der Waals surface area contributed by atoms with Gasteiger partial charge in [-0.15, -0.1) is 0 Å². The van der Waals surface area contributed by atoms with Crippen molar-refractivity contribution in [3.8, 4) is 0 Å². The number of hydrogen-bond donors (Lipinski definition) is 1. The molecule has 1 aliphatic rings. The van der Waals surface area contributed by atoms with Crippen LogP contribution in [0.5, 0.6) is 0 Å². The van der Waals surface area contributed by atoms with Gasteiger partial charge in [-0.05, 0) is 55.5 Å². The van der Waals surface area contributed by atoms with Crippen molar-refractivity contribution in [2.75, 3.05) is 18.4 Å². The Bertz CT molecular complexity index is 733. The van der Waals surface area contributed by atoms with Crippen molar-refractivity contribution in [3.63, 3.8) is 0 Å². The van der Waals surface area contributed by atoms with Gasteiger partial charge in [-0.2, -0.15) is 0 Å². The molecule has 0 unspecified atom stereocenters. The van der Waals surface area contributed by atoms with E-state index in [1.165, 1.54) is 18.4 Å². The van der Waals surface area contributed by atoms with Crippen molar-refractivity contribution in [2.24, 2.45) is 0 Å². The zero-order valence-electron chi connectivity index (χ0n) is 15.8. The van der Waals surface area contributed by atoms with E-state index < -0.39 is 0 Å². The molecule has 1 fully saturated rings. The molecular weight excluding hydrogens is 336 g/mol. The van der Waals surface area contributed by atoms with Gasteiger partial charge >= 0.3 is 0 Å². The highest BCUT2D eigenvalue weighted by molar-refractivity contribution is 5.95. The summed E-state index contributed by atoms with van der Waals surface area (Å²) in [5.41, 5.74) is 2.69. The SMILES string of the molecule is O=C(CCCc1ccccc1)Nc1ccc(C(=O)N2CCCCCC2)cc1. The van der Waals surface area contributed by atoms with Crippen LogP contribution in [0.15, 0.2) is 54.6 Å². The van der Waals surface area contributed by atoms with Crippen LogP contribution in [0, 0.1) is 0 Å². The number of nitrogens with one attached hydrogen (secondary N) is 1. The number of benzene rings is 2. The maximum atomic E-state index is 12.6. The summed E-state index contributed by atoms with van der Waals surface area (Å²) in [6.45, 7) is 1.69. The quantitative estimate of drug-likeness (QED) is 0.810. The molecule has 1 heterocycles. The Morgan fingerprint density at radius 2 is 1.52 bits per heavy atom. The van der Waals surface area contributed by atoms with E-state index in [9.17, 15) is 9.59 Å². The molecule has 0 atom stereocenters. The summed E-state index contributed by atoms with van der Waals surface area (Å²) in [6.07, 6.45) is 6.80. The molecule has 1 saturated heterocycles. The van der Waals surface area contributed by atoms with Crippen LogP contribution in [0.3, 0.4) is 0 Å².